The normalized spacial score (nSPS) is 10.6. The van der Waals surface area contributed by atoms with Crippen molar-refractivity contribution in [2.24, 2.45) is 10.3 Å². The minimum Gasteiger partial charge on any atom is -0.260 e. The molecule has 0 aliphatic heterocycles. The number of hydrogen-bond donors (Lipinski definition) is 1. The predicted octanol–water partition coefficient (Wildman–Crippen LogP) is 3.94. The predicted molar refractivity (Wildman–Crippen MR) is 61.0 cm³/mol. The lowest BCUT2D eigenvalue weighted by atomic mass is 10.3. The first-order chi connectivity index (χ1) is 7.84. The van der Waals surface area contributed by atoms with E-state index in [2.05, 4.69) is 15.8 Å². The minimum absolute atomic E-state index is 0.282. The largest absolute Gasteiger partial charge is 0.260 e. The van der Waals surface area contributed by atoms with Gasteiger partial charge in [0.15, 0.2) is 0 Å². The van der Waals surface area contributed by atoms with Crippen molar-refractivity contribution in [3.63, 3.8) is 0 Å². The fourth-order valence-corrected chi connectivity index (χ4v) is 1.16. The first-order valence-corrected chi connectivity index (χ1v) is 4.82. The molecule has 2 rings (SSSR count). The molecule has 4 heteroatoms. The van der Waals surface area contributed by atoms with Crippen molar-refractivity contribution in [3.8, 4) is 0 Å². The molecule has 0 aliphatic carbocycles. The summed E-state index contributed by atoms with van der Waals surface area (Å²) in [5.74, 6) is -0.282. The molecule has 0 aromatic heterocycles. The van der Waals surface area contributed by atoms with Crippen LogP contribution >= 0.6 is 0 Å². The number of rotatable bonds is 3. The van der Waals surface area contributed by atoms with Gasteiger partial charge in [0.05, 0.1) is 11.4 Å². The molecule has 2 aromatic carbocycles. The Labute approximate surface area is 92.6 Å². The molecular formula is C12H10FN3. The van der Waals surface area contributed by atoms with Gasteiger partial charge in [0.25, 0.3) is 0 Å². The standard InChI is InChI=1S/C12H10FN3/c13-10-6-8-12(9-7-10)15-16-14-11-4-2-1-3-5-11/h1-9H,(H,14,15). The zero-order valence-electron chi connectivity index (χ0n) is 8.47. The molecule has 0 amide bonds. The van der Waals surface area contributed by atoms with Gasteiger partial charge in [-0.2, -0.15) is 0 Å². The van der Waals surface area contributed by atoms with E-state index in [1.165, 1.54) is 12.1 Å². The van der Waals surface area contributed by atoms with Gasteiger partial charge in [-0.05, 0) is 36.4 Å². The zero-order valence-corrected chi connectivity index (χ0v) is 8.47. The Morgan fingerprint density at radius 2 is 1.56 bits per heavy atom. The van der Waals surface area contributed by atoms with Crippen LogP contribution in [0.2, 0.25) is 0 Å². The van der Waals surface area contributed by atoms with Gasteiger partial charge in [0.1, 0.15) is 5.82 Å². The molecule has 1 N–H and O–H groups in total. The topological polar surface area (TPSA) is 36.8 Å². The minimum atomic E-state index is -0.282. The second-order valence-electron chi connectivity index (χ2n) is 3.15. The van der Waals surface area contributed by atoms with Crippen molar-refractivity contribution in [1.82, 2.24) is 0 Å². The number of nitrogens with zero attached hydrogens (tertiary/aromatic N) is 2. The molecule has 16 heavy (non-hydrogen) atoms. The van der Waals surface area contributed by atoms with E-state index in [9.17, 15) is 4.39 Å². The molecule has 0 bridgehead atoms. The van der Waals surface area contributed by atoms with Crippen molar-refractivity contribution >= 4 is 11.4 Å². The third-order valence-corrected chi connectivity index (χ3v) is 1.94. The molecule has 0 atom stereocenters. The maximum Gasteiger partial charge on any atom is 0.123 e. The molecule has 0 saturated heterocycles. The number of para-hydroxylation sites is 1. The van der Waals surface area contributed by atoms with Crippen molar-refractivity contribution in [2.75, 3.05) is 5.43 Å². The second kappa shape index (κ2) is 5.02. The molecule has 0 radical (unpaired) electrons. The van der Waals surface area contributed by atoms with Crippen LogP contribution in [0.25, 0.3) is 0 Å². The molecule has 0 fully saturated rings. The van der Waals surface area contributed by atoms with Crippen LogP contribution in [0.15, 0.2) is 64.9 Å². The van der Waals surface area contributed by atoms with Crippen LogP contribution in [0, 0.1) is 5.82 Å². The summed E-state index contributed by atoms with van der Waals surface area (Å²) in [7, 11) is 0. The Balaban J connectivity index is 1.98. The molecule has 0 spiro atoms. The highest BCUT2D eigenvalue weighted by Crippen LogP contribution is 2.13. The van der Waals surface area contributed by atoms with Gasteiger partial charge in [-0.1, -0.05) is 23.4 Å². The SMILES string of the molecule is Fc1ccc(N=NNc2ccccc2)cc1. The van der Waals surface area contributed by atoms with Gasteiger partial charge in [0, 0.05) is 0 Å². The average Bonchev–Trinajstić information content (AvgIpc) is 2.33. The van der Waals surface area contributed by atoms with Gasteiger partial charge in [-0.25, -0.2) is 4.39 Å². The Bertz CT molecular complexity index is 465. The maximum absolute atomic E-state index is 12.6. The van der Waals surface area contributed by atoms with E-state index in [-0.39, 0.29) is 5.82 Å². The van der Waals surface area contributed by atoms with Crippen molar-refractivity contribution < 1.29 is 4.39 Å². The first-order valence-electron chi connectivity index (χ1n) is 4.82. The van der Waals surface area contributed by atoms with E-state index >= 15 is 0 Å². The third kappa shape index (κ3) is 2.88. The quantitative estimate of drug-likeness (QED) is 0.611. The van der Waals surface area contributed by atoms with E-state index in [1.807, 2.05) is 30.3 Å². The summed E-state index contributed by atoms with van der Waals surface area (Å²) in [6.07, 6.45) is 0. The zero-order chi connectivity index (χ0) is 11.2. The molecule has 0 saturated carbocycles. The first kappa shape index (κ1) is 10.3. The van der Waals surface area contributed by atoms with Crippen LogP contribution in [-0.2, 0) is 0 Å². The fraction of sp³-hybridized carbons (Fsp3) is 0. The van der Waals surface area contributed by atoms with Gasteiger partial charge in [-0.15, -0.1) is 5.11 Å². The summed E-state index contributed by atoms with van der Waals surface area (Å²) >= 11 is 0. The van der Waals surface area contributed by atoms with Gasteiger partial charge in [0.2, 0.25) is 0 Å². The maximum atomic E-state index is 12.6. The summed E-state index contributed by atoms with van der Waals surface area (Å²) in [5.41, 5.74) is 4.23. The Morgan fingerprint density at radius 3 is 2.25 bits per heavy atom. The summed E-state index contributed by atoms with van der Waals surface area (Å²) in [4.78, 5) is 0. The molecule has 3 nitrogen and oxygen atoms in total. The molecule has 0 unspecified atom stereocenters. The highest BCUT2D eigenvalue weighted by Gasteiger charge is 1.90. The number of halogens is 1. The highest BCUT2D eigenvalue weighted by molar-refractivity contribution is 5.41. The van der Waals surface area contributed by atoms with Crippen LogP contribution in [-0.4, -0.2) is 0 Å². The number of anilines is 1. The molecule has 80 valence electrons. The molecular weight excluding hydrogens is 205 g/mol. The Hall–Kier alpha value is -2.23. The fourth-order valence-electron chi connectivity index (χ4n) is 1.16. The lowest BCUT2D eigenvalue weighted by Gasteiger charge is -1.96. The third-order valence-electron chi connectivity index (χ3n) is 1.94. The van der Waals surface area contributed by atoms with Crippen LogP contribution in [0.4, 0.5) is 15.8 Å². The second-order valence-corrected chi connectivity index (χ2v) is 3.15. The van der Waals surface area contributed by atoms with E-state index in [0.717, 1.165) is 5.69 Å². The van der Waals surface area contributed by atoms with Crippen LogP contribution in [0.3, 0.4) is 0 Å². The lowest BCUT2D eigenvalue weighted by Crippen LogP contribution is -1.84. The monoisotopic (exact) mass is 215 g/mol. The summed E-state index contributed by atoms with van der Waals surface area (Å²) in [6.45, 7) is 0. The summed E-state index contributed by atoms with van der Waals surface area (Å²) < 4.78 is 12.6. The lowest BCUT2D eigenvalue weighted by molar-refractivity contribution is 0.628. The Morgan fingerprint density at radius 1 is 0.875 bits per heavy atom. The Kier molecular flexibility index (Phi) is 3.23. The van der Waals surface area contributed by atoms with Crippen LogP contribution in [0.1, 0.15) is 0 Å². The van der Waals surface area contributed by atoms with E-state index in [4.69, 9.17) is 0 Å². The molecule has 0 aliphatic rings. The average molecular weight is 215 g/mol. The smallest absolute Gasteiger partial charge is 0.123 e. The van der Waals surface area contributed by atoms with Gasteiger partial charge in [-0.3, -0.25) is 5.43 Å². The van der Waals surface area contributed by atoms with Crippen LogP contribution < -0.4 is 5.43 Å². The van der Waals surface area contributed by atoms with Crippen molar-refractivity contribution in [3.05, 3.63) is 60.4 Å². The summed E-state index contributed by atoms with van der Waals surface area (Å²) in [5, 5.41) is 7.68. The summed E-state index contributed by atoms with van der Waals surface area (Å²) in [6, 6.07) is 15.3. The van der Waals surface area contributed by atoms with E-state index in [0.29, 0.717) is 5.69 Å². The van der Waals surface area contributed by atoms with Crippen molar-refractivity contribution in [2.45, 2.75) is 0 Å². The number of hydrogen-bond acceptors (Lipinski definition) is 2. The van der Waals surface area contributed by atoms with Gasteiger partial charge < -0.3 is 0 Å². The van der Waals surface area contributed by atoms with Crippen molar-refractivity contribution in [1.29, 1.82) is 0 Å². The van der Waals surface area contributed by atoms with Gasteiger partial charge >= 0.3 is 0 Å². The highest BCUT2D eigenvalue weighted by atomic mass is 19.1. The van der Waals surface area contributed by atoms with E-state index < -0.39 is 0 Å². The number of nitrogens with one attached hydrogen (secondary N) is 1. The molecule has 2 aromatic rings. The van der Waals surface area contributed by atoms with E-state index in [1.54, 1.807) is 12.1 Å². The number of benzene rings is 2. The van der Waals surface area contributed by atoms with Crippen LogP contribution in [0.5, 0.6) is 0 Å². The molecule has 0 heterocycles.